The molecule has 0 aromatic carbocycles. The topological polar surface area (TPSA) is 98.0 Å². The molecule has 0 saturated heterocycles. The van der Waals surface area contributed by atoms with Gasteiger partial charge in [0.2, 0.25) is 0 Å². The molecule has 1 saturated carbocycles. The van der Waals surface area contributed by atoms with Crippen molar-refractivity contribution in [1.29, 1.82) is 0 Å². The van der Waals surface area contributed by atoms with E-state index in [1.165, 1.54) is 0 Å². The first-order valence-electron chi connectivity index (χ1n) is 9.90. The Morgan fingerprint density at radius 1 is 1.08 bits per heavy atom. The fourth-order valence-corrected chi connectivity index (χ4v) is 3.74. The molecule has 0 spiro atoms. The van der Waals surface area contributed by atoms with Gasteiger partial charge in [-0.25, -0.2) is 0 Å². The lowest BCUT2D eigenvalue weighted by Gasteiger charge is -2.21. The van der Waals surface area contributed by atoms with Crippen molar-refractivity contribution < 1.29 is 25.2 Å². The first-order chi connectivity index (χ1) is 12.0. The predicted octanol–water partition coefficient (Wildman–Crippen LogP) is 3.27. The minimum atomic E-state index is -0.753. The van der Waals surface area contributed by atoms with Gasteiger partial charge in [-0.1, -0.05) is 57.6 Å². The summed E-state index contributed by atoms with van der Waals surface area (Å²) in [4.78, 5) is 10.5. The molecule has 0 radical (unpaired) electrons. The second kappa shape index (κ2) is 12.4. The standard InChI is InChI=1S/C20H36O5/c1-2-3-6-9-15(21)12-13-17-16(18(22)14-19(17)23)10-7-4-5-8-11-20(24)25/h12-13,15-19,21-23H,2-11,14H2,1H3,(H,24,25)/t15-,16-,17-,18+,19-/m1/s1. The second-order valence-electron chi connectivity index (χ2n) is 7.41. The van der Waals surface area contributed by atoms with Crippen LogP contribution in [-0.2, 0) is 4.79 Å². The van der Waals surface area contributed by atoms with Crippen molar-refractivity contribution in [2.24, 2.45) is 11.8 Å². The van der Waals surface area contributed by atoms with E-state index in [2.05, 4.69) is 6.92 Å². The lowest BCUT2D eigenvalue weighted by Crippen LogP contribution is -2.21. The highest BCUT2D eigenvalue weighted by Crippen LogP contribution is 2.37. The van der Waals surface area contributed by atoms with Crippen LogP contribution in [0, 0.1) is 11.8 Å². The third-order valence-electron chi connectivity index (χ3n) is 5.25. The second-order valence-corrected chi connectivity index (χ2v) is 7.41. The summed E-state index contributed by atoms with van der Waals surface area (Å²) in [6.45, 7) is 2.13. The fourth-order valence-electron chi connectivity index (χ4n) is 3.74. The Kier molecular flexibility index (Phi) is 11.0. The zero-order chi connectivity index (χ0) is 18.7. The van der Waals surface area contributed by atoms with Crippen LogP contribution < -0.4 is 0 Å². The Bertz CT molecular complexity index is 396. The number of hydrogen-bond acceptors (Lipinski definition) is 4. The van der Waals surface area contributed by atoms with Gasteiger partial charge < -0.3 is 20.4 Å². The van der Waals surface area contributed by atoms with E-state index in [9.17, 15) is 20.1 Å². The quantitative estimate of drug-likeness (QED) is 0.300. The largest absolute Gasteiger partial charge is 0.481 e. The van der Waals surface area contributed by atoms with Crippen LogP contribution in [0.25, 0.3) is 0 Å². The van der Waals surface area contributed by atoms with Crippen molar-refractivity contribution in [1.82, 2.24) is 0 Å². The van der Waals surface area contributed by atoms with Crippen LogP contribution in [0.2, 0.25) is 0 Å². The number of unbranched alkanes of at least 4 members (excludes halogenated alkanes) is 5. The van der Waals surface area contributed by atoms with Gasteiger partial charge in [-0.05, 0) is 25.2 Å². The number of carboxylic acid groups (broad SMARTS) is 1. The highest BCUT2D eigenvalue weighted by Gasteiger charge is 2.39. The van der Waals surface area contributed by atoms with Crippen LogP contribution in [0.4, 0.5) is 0 Å². The molecule has 146 valence electrons. The summed E-state index contributed by atoms with van der Waals surface area (Å²) in [5.41, 5.74) is 0. The van der Waals surface area contributed by atoms with Gasteiger partial charge in [0.1, 0.15) is 0 Å². The maximum atomic E-state index is 10.5. The molecule has 0 aromatic heterocycles. The molecule has 5 nitrogen and oxygen atoms in total. The van der Waals surface area contributed by atoms with E-state index in [1.807, 2.05) is 6.08 Å². The average molecular weight is 357 g/mol. The average Bonchev–Trinajstić information content (AvgIpc) is 2.82. The zero-order valence-corrected chi connectivity index (χ0v) is 15.5. The molecule has 5 atom stereocenters. The first kappa shape index (κ1) is 22.1. The van der Waals surface area contributed by atoms with E-state index in [0.717, 1.165) is 51.4 Å². The van der Waals surface area contributed by atoms with Gasteiger partial charge in [0.15, 0.2) is 0 Å². The highest BCUT2D eigenvalue weighted by molar-refractivity contribution is 5.66. The molecule has 1 fully saturated rings. The van der Waals surface area contributed by atoms with E-state index in [0.29, 0.717) is 12.8 Å². The molecule has 0 bridgehead atoms. The van der Waals surface area contributed by atoms with Crippen LogP contribution >= 0.6 is 0 Å². The molecule has 0 unspecified atom stereocenters. The van der Waals surface area contributed by atoms with Crippen LogP contribution in [0.5, 0.6) is 0 Å². The van der Waals surface area contributed by atoms with Gasteiger partial charge >= 0.3 is 5.97 Å². The Morgan fingerprint density at radius 2 is 1.80 bits per heavy atom. The zero-order valence-electron chi connectivity index (χ0n) is 15.5. The summed E-state index contributed by atoms with van der Waals surface area (Å²) in [6, 6.07) is 0. The number of hydrogen-bond donors (Lipinski definition) is 4. The predicted molar refractivity (Wildman–Crippen MR) is 98.2 cm³/mol. The van der Waals surface area contributed by atoms with Crippen LogP contribution in [0.15, 0.2) is 12.2 Å². The molecule has 1 aliphatic rings. The van der Waals surface area contributed by atoms with Crippen molar-refractivity contribution in [3.05, 3.63) is 12.2 Å². The van der Waals surface area contributed by atoms with E-state index in [-0.39, 0.29) is 18.3 Å². The van der Waals surface area contributed by atoms with Crippen molar-refractivity contribution in [2.75, 3.05) is 0 Å². The maximum absolute atomic E-state index is 10.5. The molecule has 1 rings (SSSR count). The summed E-state index contributed by atoms with van der Waals surface area (Å²) < 4.78 is 0. The molecule has 1 aliphatic carbocycles. The Morgan fingerprint density at radius 3 is 2.48 bits per heavy atom. The van der Waals surface area contributed by atoms with E-state index in [4.69, 9.17) is 5.11 Å². The van der Waals surface area contributed by atoms with Crippen LogP contribution in [0.3, 0.4) is 0 Å². The summed E-state index contributed by atoms with van der Waals surface area (Å²) in [5.74, 6) is -0.833. The Labute approximate surface area is 151 Å². The summed E-state index contributed by atoms with van der Waals surface area (Å²) in [6.07, 6.45) is 11.0. The fraction of sp³-hybridized carbons (Fsp3) is 0.850. The number of carboxylic acids is 1. The van der Waals surface area contributed by atoms with E-state index >= 15 is 0 Å². The molecular formula is C20H36O5. The molecule has 5 heteroatoms. The maximum Gasteiger partial charge on any atom is 0.303 e. The monoisotopic (exact) mass is 356 g/mol. The van der Waals surface area contributed by atoms with Gasteiger partial charge in [0, 0.05) is 18.8 Å². The normalized spacial score (nSPS) is 27.8. The third-order valence-corrected chi connectivity index (χ3v) is 5.25. The number of rotatable bonds is 13. The van der Waals surface area contributed by atoms with E-state index in [1.54, 1.807) is 6.08 Å². The molecule has 0 heterocycles. The summed E-state index contributed by atoms with van der Waals surface area (Å²) in [5, 5.41) is 39.0. The van der Waals surface area contributed by atoms with Gasteiger partial charge in [-0.3, -0.25) is 4.79 Å². The van der Waals surface area contributed by atoms with Gasteiger partial charge in [-0.2, -0.15) is 0 Å². The molecule has 0 amide bonds. The van der Waals surface area contributed by atoms with Crippen molar-refractivity contribution in [3.8, 4) is 0 Å². The lowest BCUT2D eigenvalue weighted by atomic mass is 9.88. The summed E-state index contributed by atoms with van der Waals surface area (Å²) >= 11 is 0. The van der Waals surface area contributed by atoms with Gasteiger partial charge in [0.25, 0.3) is 0 Å². The number of aliphatic carboxylic acids is 1. The molecule has 4 N–H and O–H groups in total. The third kappa shape index (κ3) is 8.84. The number of carbonyl (C=O) groups is 1. The number of aliphatic hydroxyl groups is 3. The highest BCUT2D eigenvalue weighted by atomic mass is 16.4. The molecule has 25 heavy (non-hydrogen) atoms. The first-order valence-corrected chi connectivity index (χ1v) is 9.90. The lowest BCUT2D eigenvalue weighted by molar-refractivity contribution is -0.137. The molecule has 0 aliphatic heterocycles. The Hall–Kier alpha value is -0.910. The van der Waals surface area contributed by atoms with Crippen molar-refractivity contribution >= 4 is 5.97 Å². The minimum absolute atomic E-state index is 0.0218. The molecular weight excluding hydrogens is 320 g/mol. The summed E-state index contributed by atoms with van der Waals surface area (Å²) in [7, 11) is 0. The van der Waals surface area contributed by atoms with Crippen molar-refractivity contribution in [2.45, 2.75) is 95.9 Å². The van der Waals surface area contributed by atoms with Gasteiger partial charge in [0.05, 0.1) is 18.3 Å². The Balaban J connectivity index is 2.38. The molecule has 0 aromatic rings. The number of aliphatic hydroxyl groups excluding tert-OH is 3. The minimum Gasteiger partial charge on any atom is -0.481 e. The van der Waals surface area contributed by atoms with Crippen molar-refractivity contribution in [3.63, 3.8) is 0 Å². The van der Waals surface area contributed by atoms with Crippen LogP contribution in [-0.4, -0.2) is 44.7 Å². The van der Waals surface area contributed by atoms with Crippen LogP contribution in [0.1, 0.15) is 77.6 Å². The van der Waals surface area contributed by atoms with E-state index < -0.39 is 24.3 Å². The smallest absolute Gasteiger partial charge is 0.303 e. The SMILES string of the molecule is CCCCC[C@@H](O)C=C[C@@H]1[C@@H](CCCCCCC(=O)O)[C@@H](O)C[C@H]1O. The van der Waals surface area contributed by atoms with Gasteiger partial charge in [-0.15, -0.1) is 0 Å².